The maximum absolute atomic E-state index is 11.9. The molecule has 18 heavy (non-hydrogen) atoms. The van der Waals surface area contributed by atoms with Crippen molar-refractivity contribution in [2.24, 2.45) is 7.05 Å². The molecule has 2 aromatic rings. The molecule has 0 aliphatic carbocycles. The van der Waals surface area contributed by atoms with Crippen LogP contribution in [0.5, 0.6) is 0 Å². The number of fused-ring (bicyclic) bond motifs is 1. The van der Waals surface area contributed by atoms with Gasteiger partial charge in [-0.3, -0.25) is 18.7 Å². The maximum atomic E-state index is 11.9. The van der Waals surface area contributed by atoms with E-state index in [4.69, 9.17) is 16.7 Å². The van der Waals surface area contributed by atoms with Crippen LogP contribution in [0, 0.1) is 0 Å². The number of rotatable bonds is 2. The lowest BCUT2D eigenvalue weighted by Crippen LogP contribution is -2.39. The van der Waals surface area contributed by atoms with Crippen LogP contribution in [-0.2, 0) is 18.4 Å². The quantitative estimate of drug-likeness (QED) is 0.857. The van der Waals surface area contributed by atoms with E-state index in [0.29, 0.717) is 5.02 Å². The van der Waals surface area contributed by atoms with Gasteiger partial charge in [0, 0.05) is 12.1 Å². The number of carboxylic acid groups (broad SMARTS) is 1. The SMILES string of the molecule is Cn1c(=O)c2cc(Cl)ccc2n(CC(=O)O)c1=O. The lowest BCUT2D eigenvalue weighted by Gasteiger charge is -2.09. The topological polar surface area (TPSA) is 81.3 Å². The van der Waals surface area contributed by atoms with Crippen LogP contribution in [0.3, 0.4) is 0 Å². The van der Waals surface area contributed by atoms with Crippen molar-refractivity contribution in [2.45, 2.75) is 6.54 Å². The molecule has 0 amide bonds. The molecule has 1 aromatic heterocycles. The van der Waals surface area contributed by atoms with E-state index in [1.165, 1.54) is 25.2 Å². The average molecular weight is 269 g/mol. The molecule has 1 aromatic carbocycles. The standard InChI is InChI=1S/C11H9ClN2O4/c1-13-10(17)7-4-6(12)2-3-8(7)14(11(13)18)5-9(15)16/h2-4H,5H2,1H3,(H,15,16). The molecule has 94 valence electrons. The van der Waals surface area contributed by atoms with Crippen LogP contribution in [0.1, 0.15) is 0 Å². The fourth-order valence-electron chi connectivity index (χ4n) is 1.75. The van der Waals surface area contributed by atoms with Crippen LogP contribution in [0.15, 0.2) is 27.8 Å². The summed E-state index contributed by atoms with van der Waals surface area (Å²) in [5.74, 6) is -1.16. The molecule has 0 aliphatic heterocycles. The van der Waals surface area contributed by atoms with Crippen LogP contribution < -0.4 is 11.2 Å². The van der Waals surface area contributed by atoms with Crippen molar-refractivity contribution in [1.82, 2.24) is 9.13 Å². The van der Waals surface area contributed by atoms with Gasteiger partial charge >= 0.3 is 11.7 Å². The van der Waals surface area contributed by atoms with Crippen LogP contribution >= 0.6 is 11.6 Å². The normalized spacial score (nSPS) is 10.8. The van der Waals surface area contributed by atoms with E-state index in [1.54, 1.807) is 0 Å². The molecule has 0 atom stereocenters. The van der Waals surface area contributed by atoms with E-state index < -0.39 is 23.8 Å². The summed E-state index contributed by atoms with van der Waals surface area (Å²) in [6.45, 7) is -0.509. The predicted molar refractivity (Wildman–Crippen MR) is 66.1 cm³/mol. The van der Waals surface area contributed by atoms with Gasteiger partial charge in [0.15, 0.2) is 0 Å². The highest BCUT2D eigenvalue weighted by Gasteiger charge is 2.13. The molecule has 0 aliphatic rings. The van der Waals surface area contributed by atoms with Gasteiger partial charge in [0.2, 0.25) is 0 Å². The summed E-state index contributed by atoms with van der Waals surface area (Å²) in [5.41, 5.74) is -0.911. The minimum absolute atomic E-state index is 0.214. The van der Waals surface area contributed by atoms with E-state index in [2.05, 4.69) is 0 Å². The zero-order valence-electron chi connectivity index (χ0n) is 9.38. The first-order chi connectivity index (χ1) is 8.41. The molecule has 0 radical (unpaired) electrons. The van der Waals surface area contributed by atoms with Crippen LogP contribution in [0.25, 0.3) is 10.9 Å². The van der Waals surface area contributed by atoms with Crippen LogP contribution in [0.4, 0.5) is 0 Å². The third-order valence-corrected chi connectivity index (χ3v) is 2.83. The third kappa shape index (κ3) is 1.91. The number of nitrogens with zero attached hydrogens (tertiary/aromatic N) is 2. The summed E-state index contributed by atoms with van der Waals surface area (Å²) in [6.07, 6.45) is 0. The Bertz CT molecular complexity index is 760. The van der Waals surface area contributed by atoms with Gasteiger partial charge in [0.1, 0.15) is 6.54 Å². The number of halogens is 1. The summed E-state index contributed by atoms with van der Waals surface area (Å²) >= 11 is 5.79. The van der Waals surface area contributed by atoms with Gasteiger partial charge < -0.3 is 5.11 Å². The zero-order chi connectivity index (χ0) is 13.4. The van der Waals surface area contributed by atoms with Crippen molar-refractivity contribution in [3.05, 3.63) is 44.1 Å². The highest BCUT2D eigenvalue weighted by atomic mass is 35.5. The monoisotopic (exact) mass is 268 g/mol. The van der Waals surface area contributed by atoms with Crippen molar-refractivity contribution < 1.29 is 9.90 Å². The molecule has 6 nitrogen and oxygen atoms in total. The van der Waals surface area contributed by atoms with Crippen molar-refractivity contribution >= 4 is 28.5 Å². The second-order valence-electron chi connectivity index (χ2n) is 3.79. The number of carboxylic acids is 1. The zero-order valence-corrected chi connectivity index (χ0v) is 10.1. The minimum Gasteiger partial charge on any atom is -0.480 e. The lowest BCUT2D eigenvalue weighted by molar-refractivity contribution is -0.137. The third-order valence-electron chi connectivity index (χ3n) is 2.60. The van der Waals surface area contributed by atoms with Gasteiger partial charge in [-0.15, -0.1) is 0 Å². The molecule has 2 rings (SSSR count). The van der Waals surface area contributed by atoms with E-state index in [0.717, 1.165) is 9.13 Å². The summed E-state index contributed by atoms with van der Waals surface area (Å²) in [7, 11) is 1.30. The second kappa shape index (κ2) is 4.30. The molecule has 0 saturated carbocycles. The van der Waals surface area contributed by atoms with E-state index >= 15 is 0 Å². The fraction of sp³-hybridized carbons (Fsp3) is 0.182. The van der Waals surface area contributed by atoms with Gasteiger partial charge in [0.05, 0.1) is 10.9 Å². The molecule has 1 N–H and O–H groups in total. The van der Waals surface area contributed by atoms with Gasteiger partial charge in [-0.1, -0.05) is 11.6 Å². The molecule has 0 unspecified atom stereocenters. The predicted octanol–water partition coefficient (Wildman–Crippen LogP) is 0.438. The first-order valence-corrected chi connectivity index (χ1v) is 5.40. The van der Waals surface area contributed by atoms with Gasteiger partial charge in [-0.25, -0.2) is 4.79 Å². The molecular formula is C11H9ClN2O4. The lowest BCUT2D eigenvalue weighted by atomic mass is 10.2. The molecule has 0 bridgehead atoms. The highest BCUT2D eigenvalue weighted by molar-refractivity contribution is 6.31. The summed E-state index contributed by atoms with van der Waals surface area (Å²) in [5, 5.41) is 9.35. The van der Waals surface area contributed by atoms with Crippen LogP contribution in [-0.4, -0.2) is 20.2 Å². The molecule has 1 heterocycles. The number of hydrogen-bond donors (Lipinski definition) is 1. The fourth-order valence-corrected chi connectivity index (χ4v) is 1.93. The highest BCUT2D eigenvalue weighted by Crippen LogP contribution is 2.15. The number of aromatic nitrogens is 2. The van der Waals surface area contributed by atoms with E-state index in [-0.39, 0.29) is 10.9 Å². The summed E-state index contributed by atoms with van der Waals surface area (Å²) < 4.78 is 1.89. The average Bonchev–Trinajstić information content (AvgIpc) is 2.32. The first kappa shape index (κ1) is 12.4. The molecule has 0 spiro atoms. The van der Waals surface area contributed by atoms with Gasteiger partial charge in [-0.05, 0) is 18.2 Å². The maximum Gasteiger partial charge on any atom is 0.331 e. The van der Waals surface area contributed by atoms with Crippen molar-refractivity contribution in [3.8, 4) is 0 Å². The first-order valence-electron chi connectivity index (χ1n) is 5.02. The van der Waals surface area contributed by atoms with Gasteiger partial charge in [0.25, 0.3) is 5.56 Å². The number of benzene rings is 1. The molecular weight excluding hydrogens is 260 g/mol. The Morgan fingerprint density at radius 1 is 1.39 bits per heavy atom. The Balaban J connectivity index is 2.97. The summed E-state index contributed by atoms with van der Waals surface area (Å²) in [6, 6.07) is 4.38. The summed E-state index contributed by atoms with van der Waals surface area (Å²) in [4.78, 5) is 34.5. The Morgan fingerprint density at radius 2 is 2.06 bits per heavy atom. The Labute approximate surface area is 106 Å². The Kier molecular flexibility index (Phi) is 2.96. The Morgan fingerprint density at radius 3 is 2.67 bits per heavy atom. The smallest absolute Gasteiger partial charge is 0.331 e. The van der Waals surface area contributed by atoms with Crippen molar-refractivity contribution in [2.75, 3.05) is 0 Å². The van der Waals surface area contributed by atoms with Crippen LogP contribution in [0.2, 0.25) is 5.02 Å². The largest absolute Gasteiger partial charge is 0.480 e. The number of aliphatic carboxylic acids is 1. The number of hydrogen-bond acceptors (Lipinski definition) is 3. The van der Waals surface area contributed by atoms with Crippen molar-refractivity contribution in [1.29, 1.82) is 0 Å². The molecule has 7 heteroatoms. The van der Waals surface area contributed by atoms with Gasteiger partial charge in [-0.2, -0.15) is 0 Å². The minimum atomic E-state index is -1.16. The number of carbonyl (C=O) groups is 1. The molecule has 0 fully saturated rings. The van der Waals surface area contributed by atoms with E-state index in [1.807, 2.05) is 0 Å². The Hall–Kier alpha value is -2.08. The van der Waals surface area contributed by atoms with E-state index in [9.17, 15) is 14.4 Å². The molecule has 0 saturated heterocycles. The second-order valence-corrected chi connectivity index (χ2v) is 4.22. The van der Waals surface area contributed by atoms with Crippen molar-refractivity contribution in [3.63, 3.8) is 0 Å².